The van der Waals surface area contributed by atoms with Gasteiger partial charge in [0, 0.05) is 19.2 Å². The molecule has 0 aliphatic heterocycles. The topological polar surface area (TPSA) is 31.2 Å². The summed E-state index contributed by atoms with van der Waals surface area (Å²) in [5.74, 6) is 0. The van der Waals surface area contributed by atoms with Crippen molar-refractivity contribution in [3.63, 3.8) is 0 Å². The number of aromatic nitrogens is 1. The van der Waals surface area contributed by atoms with Crippen LogP contribution in [0.25, 0.3) is 10.2 Å². The Morgan fingerprint density at radius 2 is 2.10 bits per heavy atom. The molecule has 1 aromatic heterocycles. The molecular weight excluding hydrogens is 378 g/mol. The van der Waals surface area contributed by atoms with Gasteiger partial charge in [-0.2, -0.15) is 0 Å². The molecule has 1 heterocycles. The SMILES string of the molecule is C[Si](C)(C)CCOCn1c(=O)sc2c(Cl)c(Br)ccc21. The minimum Gasteiger partial charge on any atom is -0.361 e. The van der Waals surface area contributed by atoms with Crippen molar-refractivity contribution in [2.75, 3.05) is 6.61 Å². The van der Waals surface area contributed by atoms with Crippen LogP contribution in [0.3, 0.4) is 0 Å². The number of nitrogens with zero attached hydrogens (tertiary/aromatic N) is 1. The Kier molecular flexibility index (Phi) is 5.13. The first-order valence-corrected chi connectivity index (χ1v) is 12.0. The summed E-state index contributed by atoms with van der Waals surface area (Å²) in [6, 6.07) is 4.84. The molecule has 0 fully saturated rings. The molecule has 0 unspecified atom stereocenters. The molecule has 2 rings (SSSR count). The minimum absolute atomic E-state index is 0.0343. The molecule has 0 aliphatic carbocycles. The highest BCUT2D eigenvalue weighted by Gasteiger charge is 2.14. The van der Waals surface area contributed by atoms with Gasteiger partial charge in [-0.3, -0.25) is 9.36 Å². The summed E-state index contributed by atoms with van der Waals surface area (Å²) >= 11 is 10.7. The molecule has 0 aliphatic rings. The number of hydrogen-bond acceptors (Lipinski definition) is 3. The number of fused-ring (bicyclic) bond motifs is 1. The Morgan fingerprint density at radius 1 is 1.40 bits per heavy atom. The minimum atomic E-state index is -1.10. The zero-order valence-corrected chi connectivity index (χ0v) is 15.9. The van der Waals surface area contributed by atoms with Crippen molar-refractivity contribution in [3.05, 3.63) is 31.3 Å². The summed E-state index contributed by atoms with van der Waals surface area (Å²) in [6.45, 7) is 7.91. The highest BCUT2D eigenvalue weighted by atomic mass is 79.9. The second-order valence-corrected chi connectivity index (χ2v) is 13.7. The normalized spacial score (nSPS) is 12.2. The third kappa shape index (κ3) is 3.74. The van der Waals surface area contributed by atoms with Crippen molar-refractivity contribution in [2.45, 2.75) is 32.4 Å². The second kappa shape index (κ2) is 6.32. The smallest absolute Gasteiger partial charge is 0.310 e. The Morgan fingerprint density at radius 3 is 2.75 bits per heavy atom. The third-order valence-electron chi connectivity index (χ3n) is 2.95. The first-order chi connectivity index (χ1) is 9.29. The summed E-state index contributed by atoms with van der Waals surface area (Å²) in [6.07, 6.45) is 0. The summed E-state index contributed by atoms with van der Waals surface area (Å²) in [4.78, 5) is 12.0. The Balaban J connectivity index is 2.17. The van der Waals surface area contributed by atoms with Crippen molar-refractivity contribution < 1.29 is 4.74 Å². The van der Waals surface area contributed by atoms with E-state index in [9.17, 15) is 4.79 Å². The highest BCUT2D eigenvalue weighted by Crippen LogP contribution is 2.32. The van der Waals surface area contributed by atoms with Gasteiger partial charge in [0.25, 0.3) is 0 Å². The first-order valence-electron chi connectivity index (χ1n) is 6.35. The van der Waals surface area contributed by atoms with Gasteiger partial charge in [-0.25, -0.2) is 0 Å². The number of ether oxygens (including phenoxy) is 1. The molecule has 0 bridgehead atoms. The maximum absolute atomic E-state index is 12.0. The van der Waals surface area contributed by atoms with Gasteiger partial charge in [0.2, 0.25) is 0 Å². The molecule has 110 valence electrons. The number of hydrogen-bond donors (Lipinski definition) is 0. The third-order valence-corrected chi connectivity index (χ3v) is 7.06. The van der Waals surface area contributed by atoms with Gasteiger partial charge in [0.15, 0.2) is 0 Å². The van der Waals surface area contributed by atoms with E-state index in [1.54, 1.807) is 4.57 Å². The molecule has 3 nitrogen and oxygen atoms in total. The summed E-state index contributed by atoms with van der Waals surface area (Å²) in [7, 11) is -1.10. The second-order valence-electron chi connectivity index (χ2n) is 5.85. The molecule has 0 saturated carbocycles. The van der Waals surface area contributed by atoms with Crippen molar-refractivity contribution in [1.82, 2.24) is 4.57 Å². The predicted octanol–water partition coefficient (Wildman–Crippen LogP) is 4.79. The van der Waals surface area contributed by atoms with Gasteiger partial charge in [-0.1, -0.05) is 42.6 Å². The van der Waals surface area contributed by atoms with E-state index in [1.165, 1.54) is 0 Å². The molecule has 0 saturated heterocycles. The predicted molar refractivity (Wildman–Crippen MR) is 92.9 cm³/mol. The Hall–Kier alpha value is -0.143. The zero-order valence-electron chi connectivity index (χ0n) is 11.7. The maximum Gasteiger partial charge on any atom is 0.310 e. The molecule has 7 heteroatoms. The molecule has 0 atom stereocenters. The molecule has 0 spiro atoms. The van der Waals surface area contributed by atoms with Gasteiger partial charge >= 0.3 is 4.87 Å². The lowest BCUT2D eigenvalue weighted by Crippen LogP contribution is -2.23. The fourth-order valence-corrected chi connectivity index (χ4v) is 4.14. The molecule has 2 aromatic rings. The van der Waals surface area contributed by atoms with E-state index >= 15 is 0 Å². The quantitative estimate of drug-likeness (QED) is 0.539. The van der Waals surface area contributed by atoms with Crippen LogP contribution in [-0.2, 0) is 11.5 Å². The van der Waals surface area contributed by atoms with Gasteiger partial charge in [-0.15, -0.1) is 0 Å². The van der Waals surface area contributed by atoms with E-state index < -0.39 is 8.07 Å². The van der Waals surface area contributed by atoms with E-state index in [1.807, 2.05) is 12.1 Å². The lowest BCUT2D eigenvalue weighted by molar-refractivity contribution is 0.0888. The van der Waals surface area contributed by atoms with E-state index in [4.69, 9.17) is 16.3 Å². The van der Waals surface area contributed by atoms with Crippen LogP contribution in [0.1, 0.15) is 0 Å². The maximum atomic E-state index is 12.0. The van der Waals surface area contributed by atoms with Crippen LogP contribution in [0.4, 0.5) is 0 Å². The van der Waals surface area contributed by atoms with Crippen LogP contribution in [0.2, 0.25) is 30.7 Å². The molecule has 20 heavy (non-hydrogen) atoms. The fraction of sp³-hybridized carbons (Fsp3) is 0.462. The molecule has 0 N–H and O–H groups in total. The number of rotatable bonds is 5. The van der Waals surface area contributed by atoms with Gasteiger partial charge in [0.1, 0.15) is 6.73 Å². The summed E-state index contributed by atoms with van der Waals surface area (Å²) < 4.78 is 8.91. The average Bonchev–Trinajstić information content (AvgIpc) is 2.66. The average molecular weight is 395 g/mol. The van der Waals surface area contributed by atoms with E-state index in [2.05, 4.69) is 35.6 Å². The zero-order chi connectivity index (χ0) is 14.9. The lowest BCUT2D eigenvalue weighted by Gasteiger charge is -2.15. The van der Waals surface area contributed by atoms with Gasteiger partial charge < -0.3 is 4.74 Å². The van der Waals surface area contributed by atoms with Crippen molar-refractivity contribution in [3.8, 4) is 0 Å². The monoisotopic (exact) mass is 393 g/mol. The largest absolute Gasteiger partial charge is 0.361 e. The van der Waals surface area contributed by atoms with Crippen LogP contribution in [0.15, 0.2) is 21.4 Å². The summed E-state index contributed by atoms with van der Waals surface area (Å²) in [5, 5.41) is 0.588. The number of benzene rings is 1. The summed E-state index contributed by atoms with van der Waals surface area (Å²) in [5.41, 5.74) is 0.834. The molecular formula is C13H17BrClNO2SSi. The lowest BCUT2D eigenvalue weighted by atomic mass is 10.3. The van der Waals surface area contributed by atoms with Crippen LogP contribution in [0, 0.1) is 0 Å². The van der Waals surface area contributed by atoms with Crippen LogP contribution >= 0.6 is 38.9 Å². The van der Waals surface area contributed by atoms with E-state index in [-0.39, 0.29) is 4.87 Å². The number of halogens is 2. The van der Waals surface area contributed by atoms with Gasteiger partial charge in [-0.05, 0) is 34.1 Å². The van der Waals surface area contributed by atoms with Crippen molar-refractivity contribution in [1.29, 1.82) is 0 Å². The Labute approximate surface area is 136 Å². The first kappa shape index (κ1) is 16.2. The molecule has 0 radical (unpaired) electrons. The van der Waals surface area contributed by atoms with E-state index in [0.29, 0.717) is 18.4 Å². The van der Waals surface area contributed by atoms with Crippen LogP contribution in [0.5, 0.6) is 0 Å². The van der Waals surface area contributed by atoms with Crippen molar-refractivity contribution in [2.24, 2.45) is 0 Å². The molecule has 0 amide bonds. The van der Waals surface area contributed by atoms with Crippen molar-refractivity contribution >= 4 is 57.2 Å². The standard InChI is InChI=1S/C13H17BrClNO2SSi/c1-20(2,3)7-6-18-8-16-10-5-4-9(14)11(15)12(10)19-13(16)17/h4-5H,6-8H2,1-3H3. The highest BCUT2D eigenvalue weighted by molar-refractivity contribution is 9.10. The van der Waals surface area contributed by atoms with Crippen LogP contribution in [-0.4, -0.2) is 19.2 Å². The van der Waals surface area contributed by atoms with Gasteiger partial charge in [0.05, 0.1) is 15.2 Å². The van der Waals surface area contributed by atoms with E-state index in [0.717, 1.165) is 32.1 Å². The number of thiazole rings is 1. The fourth-order valence-electron chi connectivity index (χ4n) is 1.73. The Bertz CT molecular complexity index is 677. The van der Waals surface area contributed by atoms with Crippen LogP contribution < -0.4 is 4.87 Å². The molecule has 1 aromatic carbocycles.